The molecule has 0 radical (unpaired) electrons. The van der Waals surface area contributed by atoms with E-state index in [1.54, 1.807) is 12.1 Å². The maximum atomic E-state index is 14.9. The lowest BCUT2D eigenvalue weighted by molar-refractivity contribution is 0.222. The zero-order valence-corrected chi connectivity index (χ0v) is 23.7. The molecule has 2 aromatic rings. The van der Waals surface area contributed by atoms with Crippen molar-refractivity contribution in [2.24, 2.45) is 17.8 Å². The summed E-state index contributed by atoms with van der Waals surface area (Å²) >= 11 is 5.77. The monoisotopic (exact) mass is 528 g/mol. The first-order valence-electron chi connectivity index (χ1n) is 15.2. The van der Waals surface area contributed by atoms with Gasteiger partial charge in [0.25, 0.3) is 0 Å². The Balaban J connectivity index is 1.15. The van der Waals surface area contributed by atoms with Crippen LogP contribution < -0.4 is 0 Å². The van der Waals surface area contributed by atoms with Crippen molar-refractivity contribution >= 4 is 11.6 Å². The maximum absolute atomic E-state index is 14.9. The van der Waals surface area contributed by atoms with E-state index >= 15 is 0 Å². The number of halogens is 3. The molecule has 4 rings (SSSR count). The van der Waals surface area contributed by atoms with E-state index in [0.29, 0.717) is 24.3 Å². The lowest BCUT2D eigenvalue weighted by Crippen LogP contribution is -2.18. The van der Waals surface area contributed by atoms with Gasteiger partial charge in [0.05, 0.1) is 5.02 Å². The van der Waals surface area contributed by atoms with Crippen LogP contribution in [0.3, 0.4) is 0 Å². The summed E-state index contributed by atoms with van der Waals surface area (Å²) in [4.78, 5) is 0. The van der Waals surface area contributed by atoms with Gasteiger partial charge in [-0.3, -0.25) is 0 Å². The Hall–Kier alpha value is -1.41. The number of benzene rings is 2. The minimum atomic E-state index is -0.411. The molecule has 37 heavy (non-hydrogen) atoms. The Morgan fingerprint density at radius 3 is 1.95 bits per heavy atom. The molecule has 0 bridgehead atoms. The second-order valence-electron chi connectivity index (χ2n) is 12.1. The van der Waals surface area contributed by atoms with Crippen molar-refractivity contribution in [2.75, 3.05) is 0 Å². The minimum absolute atomic E-state index is 0.116. The summed E-state index contributed by atoms with van der Waals surface area (Å²) in [5.41, 5.74) is 2.72. The summed E-state index contributed by atoms with van der Waals surface area (Å²) in [7, 11) is 0. The molecular formula is C34H47ClF2. The highest BCUT2D eigenvalue weighted by atomic mass is 35.5. The van der Waals surface area contributed by atoms with Crippen LogP contribution in [-0.2, 0) is 12.8 Å². The molecule has 0 atom stereocenters. The Bertz CT molecular complexity index is 954. The van der Waals surface area contributed by atoms with Crippen LogP contribution in [0.1, 0.15) is 126 Å². The molecule has 0 nitrogen and oxygen atoms in total. The lowest BCUT2D eigenvalue weighted by Gasteiger charge is -2.32. The van der Waals surface area contributed by atoms with Crippen molar-refractivity contribution < 1.29 is 8.78 Å². The first-order chi connectivity index (χ1) is 18.0. The fourth-order valence-electron chi connectivity index (χ4n) is 6.92. The molecule has 0 N–H and O–H groups in total. The molecule has 2 aromatic carbocycles. The van der Waals surface area contributed by atoms with Crippen molar-refractivity contribution in [1.82, 2.24) is 0 Å². The first-order valence-corrected chi connectivity index (χ1v) is 15.6. The van der Waals surface area contributed by atoms with Gasteiger partial charge in [-0.05, 0) is 97.1 Å². The van der Waals surface area contributed by atoms with E-state index in [0.717, 1.165) is 28.9 Å². The highest BCUT2D eigenvalue weighted by Crippen LogP contribution is 2.40. The van der Waals surface area contributed by atoms with E-state index in [4.69, 9.17) is 11.6 Å². The van der Waals surface area contributed by atoms with E-state index in [-0.39, 0.29) is 10.8 Å². The van der Waals surface area contributed by atoms with Crippen molar-refractivity contribution in [1.29, 1.82) is 0 Å². The molecule has 0 spiro atoms. The van der Waals surface area contributed by atoms with E-state index in [1.165, 1.54) is 102 Å². The summed E-state index contributed by atoms with van der Waals surface area (Å²) in [6, 6.07) is 10.7. The molecule has 0 heterocycles. The predicted octanol–water partition coefficient (Wildman–Crippen LogP) is 11.2. The summed E-state index contributed by atoms with van der Waals surface area (Å²) in [5.74, 6) is 2.81. The number of aryl methyl sites for hydroxylation is 2. The molecule has 2 aliphatic rings. The number of rotatable bonds is 12. The van der Waals surface area contributed by atoms with Crippen molar-refractivity contribution in [3.8, 4) is 0 Å². The fraction of sp³-hybridized carbons (Fsp3) is 0.647. The molecule has 0 aromatic heterocycles. The highest BCUT2D eigenvalue weighted by molar-refractivity contribution is 6.30. The van der Waals surface area contributed by atoms with Crippen LogP contribution in [0.5, 0.6) is 0 Å². The molecule has 3 heteroatoms. The standard InChI is InChI=1S/C34H47ClF2/c1-2-3-4-5-6-25-7-9-26(10-8-25)11-12-27-13-17-29(18-14-27)31-21-20-30(33(36)24-31)19-15-28-16-22-32(35)34(37)23-28/h16,20-27,29H,2-15,17-19H2,1H3. The Morgan fingerprint density at radius 2 is 1.32 bits per heavy atom. The van der Waals surface area contributed by atoms with Gasteiger partial charge in [-0.2, -0.15) is 0 Å². The topological polar surface area (TPSA) is 0 Å². The van der Waals surface area contributed by atoms with Crippen molar-refractivity contribution in [2.45, 2.75) is 122 Å². The molecular weight excluding hydrogens is 482 g/mol. The Kier molecular flexibility index (Phi) is 11.3. The lowest BCUT2D eigenvalue weighted by atomic mass is 9.74. The molecule has 0 saturated heterocycles. The molecule has 0 aliphatic heterocycles. The minimum Gasteiger partial charge on any atom is -0.207 e. The van der Waals surface area contributed by atoms with Crippen LogP contribution in [0.2, 0.25) is 5.02 Å². The molecule has 2 saturated carbocycles. The van der Waals surface area contributed by atoms with E-state index < -0.39 is 5.82 Å². The Labute approximate surface area is 229 Å². The summed E-state index contributed by atoms with van der Waals surface area (Å²) < 4.78 is 28.6. The highest BCUT2D eigenvalue weighted by Gasteiger charge is 2.25. The van der Waals surface area contributed by atoms with E-state index in [9.17, 15) is 8.78 Å². The first kappa shape index (κ1) is 28.6. The van der Waals surface area contributed by atoms with Crippen LogP contribution >= 0.6 is 11.6 Å². The number of hydrogen-bond donors (Lipinski definition) is 0. The molecule has 2 fully saturated rings. The van der Waals surface area contributed by atoms with Crippen molar-refractivity contribution in [3.63, 3.8) is 0 Å². The molecule has 2 aliphatic carbocycles. The fourth-order valence-corrected chi connectivity index (χ4v) is 7.04. The van der Waals surface area contributed by atoms with Gasteiger partial charge in [0, 0.05) is 0 Å². The average molecular weight is 529 g/mol. The maximum Gasteiger partial charge on any atom is 0.142 e. The van der Waals surface area contributed by atoms with Crippen LogP contribution in [0.4, 0.5) is 8.78 Å². The van der Waals surface area contributed by atoms with Gasteiger partial charge in [0.1, 0.15) is 11.6 Å². The molecule has 204 valence electrons. The van der Waals surface area contributed by atoms with Gasteiger partial charge in [-0.15, -0.1) is 0 Å². The second kappa shape index (κ2) is 14.7. The quantitative estimate of drug-likeness (QED) is 0.240. The van der Waals surface area contributed by atoms with E-state index in [2.05, 4.69) is 13.0 Å². The van der Waals surface area contributed by atoms with Crippen molar-refractivity contribution in [3.05, 3.63) is 69.7 Å². The van der Waals surface area contributed by atoms with Gasteiger partial charge in [0.15, 0.2) is 0 Å². The number of unbranched alkanes of at least 4 members (excludes halogenated alkanes) is 3. The zero-order valence-electron chi connectivity index (χ0n) is 22.9. The SMILES string of the molecule is CCCCCCC1CCC(CCC2CCC(c3ccc(CCc4ccc(Cl)c(F)c4)c(F)c3)CC2)CC1. The van der Waals surface area contributed by atoms with E-state index in [1.807, 2.05) is 12.1 Å². The van der Waals surface area contributed by atoms with Gasteiger partial charge >= 0.3 is 0 Å². The summed E-state index contributed by atoms with van der Waals surface area (Å²) in [6.07, 6.45) is 22.0. The van der Waals surface area contributed by atoms with Crippen LogP contribution in [0.15, 0.2) is 36.4 Å². The Morgan fingerprint density at radius 1 is 0.676 bits per heavy atom. The summed E-state index contributed by atoms with van der Waals surface area (Å²) in [6.45, 7) is 2.30. The van der Waals surface area contributed by atoms with Gasteiger partial charge < -0.3 is 0 Å². The third-order valence-electron chi connectivity index (χ3n) is 9.48. The number of hydrogen-bond acceptors (Lipinski definition) is 0. The second-order valence-corrected chi connectivity index (χ2v) is 12.5. The predicted molar refractivity (Wildman–Crippen MR) is 153 cm³/mol. The summed E-state index contributed by atoms with van der Waals surface area (Å²) in [5, 5.41) is 0.129. The third kappa shape index (κ3) is 8.81. The average Bonchev–Trinajstić information content (AvgIpc) is 2.92. The van der Waals surface area contributed by atoms with Crippen LogP contribution in [0, 0.1) is 29.4 Å². The normalized spacial score (nSPS) is 24.3. The molecule has 0 unspecified atom stereocenters. The zero-order chi connectivity index (χ0) is 26.0. The third-order valence-corrected chi connectivity index (χ3v) is 9.78. The van der Waals surface area contributed by atoms with Gasteiger partial charge in [0.2, 0.25) is 0 Å². The molecule has 0 amide bonds. The van der Waals surface area contributed by atoms with Crippen LogP contribution in [0.25, 0.3) is 0 Å². The smallest absolute Gasteiger partial charge is 0.142 e. The van der Waals surface area contributed by atoms with Crippen LogP contribution in [-0.4, -0.2) is 0 Å². The van der Waals surface area contributed by atoms with Gasteiger partial charge in [-0.25, -0.2) is 8.78 Å². The van der Waals surface area contributed by atoms with Gasteiger partial charge in [-0.1, -0.05) is 107 Å². The largest absolute Gasteiger partial charge is 0.207 e.